The Bertz CT molecular complexity index is 2270. The summed E-state index contributed by atoms with van der Waals surface area (Å²) >= 11 is 0. The summed E-state index contributed by atoms with van der Waals surface area (Å²) in [7, 11) is -4.43. The second-order valence-corrected chi connectivity index (χ2v) is 14.4. The van der Waals surface area contributed by atoms with E-state index in [1.807, 2.05) is 97.3 Å². The van der Waals surface area contributed by atoms with E-state index in [2.05, 4.69) is 4.90 Å². The molecule has 0 aliphatic carbocycles. The number of carbonyl (C=O) groups is 2. The number of carboxylic acids is 2. The van der Waals surface area contributed by atoms with E-state index in [4.69, 9.17) is 9.52 Å². The van der Waals surface area contributed by atoms with Gasteiger partial charge in [0.1, 0.15) is 0 Å². The number of aromatic nitrogens is 1. The molecule has 256 valence electrons. The number of aliphatic carboxylic acids is 2. The SMILES string of the molecule is CC(C(=O)O)c1ccc(CN2/C(=C/C=C/c3oc4ccccc4[n+]3Cc3ccc(CC(=O)O)cc3)C(C)(C)c3cc(S(=O)(=O)O)ccc32)cc1. The summed E-state index contributed by atoms with van der Waals surface area (Å²) in [5, 5.41) is 18.6. The van der Waals surface area contributed by atoms with Crippen molar-refractivity contribution in [3.05, 3.63) is 143 Å². The van der Waals surface area contributed by atoms with Crippen molar-refractivity contribution in [2.45, 2.75) is 56.5 Å². The zero-order chi connectivity index (χ0) is 35.8. The van der Waals surface area contributed by atoms with Crippen LogP contribution in [-0.2, 0) is 44.6 Å². The van der Waals surface area contributed by atoms with Gasteiger partial charge in [-0.2, -0.15) is 13.0 Å². The van der Waals surface area contributed by atoms with Crippen LogP contribution in [0.5, 0.6) is 0 Å². The summed E-state index contributed by atoms with van der Waals surface area (Å²) < 4.78 is 42.3. The fourth-order valence-corrected chi connectivity index (χ4v) is 6.91. The second kappa shape index (κ2) is 13.4. The quantitative estimate of drug-likeness (QED) is 0.101. The first-order valence-corrected chi connectivity index (χ1v) is 17.5. The Morgan fingerprint density at radius 2 is 1.58 bits per heavy atom. The molecule has 1 aromatic heterocycles. The van der Waals surface area contributed by atoms with Crippen molar-refractivity contribution < 1.29 is 41.8 Å². The van der Waals surface area contributed by atoms with Crippen molar-refractivity contribution in [3.8, 4) is 0 Å². The molecule has 4 aromatic carbocycles. The van der Waals surface area contributed by atoms with Gasteiger partial charge in [-0.3, -0.25) is 14.1 Å². The fraction of sp³-hybridized carbons (Fsp3) is 0.205. The lowest BCUT2D eigenvalue weighted by molar-refractivity contribution is -0.669. The van der Waals surface area contributed by atoms with E-state index in [0.29, 0.717) is 35.7 Å². The minimum absolute atomic E-state index is 0.0473. The summed E-state index contributed by atoms with van der Waals surface area (Å²) in [5.41, 5.74) is 6.62. The molecule has 1 aliphatic heterocycles. The number of carboxylic acid groups (broad SMARTS) is 2. The molecule has 2 heterocycles. The molecule has 11 heteroatoms. The lowest BCUT2D eigenvalue weighted by Gasteiger charge is -2.27. The second-order valence-electron chi connectivity index (χ2n) is 13.0. The molecule has 3 N–H and O–H groups in total. The van der Waals surface area contributed by atoms with Gasteiger partial charge < -0.3 is 19.5 Å². The first-order chi connectivity index (χ1) is 23.7. The van der Waals surface area contributed by atoms with E-state index in [9.17, 15) is 27.7 Å². The largest absolute Gasteiger partial charge is 0.481 e. The maximum Gasteiger partial charge on any atom is 0.374 e. The van der Waals surface area contributed by atoms with Gasteiger partial charge in [0, 0.05) is 35.0 Å². The highest BCUT2D eigenvalue weighted by Crippen LogP contribution is 2.49. The lowest BCUT2D eigenvalue weighted by atomic mass is 9.83. The summed E-state index contributed by atoms with van der Waals surface area (Å²) in [5.74, 6) is -1.84. The Hall–Kier alpha value is -5.52. The van der Waals surface area contributed by atoms with Crippen LogP contribution in [0, 0.1) is 0 Å². The van der Waals surface area contributed by atoms with Gasteiger partial charge in [-0.25, -0.2) is 0 Å². The highest BCUT2D eigenvalue weighted by molar-refractivity contribution is 7.85. The van der Waals surface area contributed by atoms with Crippen LogP contribution < -0.4 is 9.47 Å². The van der Waals surface area contributed by atoms with E-state index in [1.54, 1.807) is 25.1 Å². The normalized spacial score (nSPS) is 15.5. The average molecular weight is 694 g/mol. The summed E-state index contributed by atoms with van der Waals surface area (Å²) in [4.78, 5) is 24.6. The van der Waals surface area contributed by atoms with Gasteiger partial charge in [0.25, 0.3) is 15.6 Å². The molecule has 1 unspecified atom stereocenters. The van der Waals surface area contributed by atoms with Gasteiger partial charge in [-0.05, 0) is 59.5 Å². The average Bonchev–Trinajstić information content (AvgIpc) is 3.52. The van der Waals surface area contributed by atoms with E-state index in [1.165, 1.54) is 12.1 Å². The first-order valence-electron chi connectivity index (χ1n) is 16.0. The molecule has 0 fully saturated rings. The maximum absolute atomic E-state index is 12.1. The van der Waals surface area contributed by atoms with Crippen LogP contribution in [0.25, 0.3) is 17.2 Å². The number of anilines is 1. The highest BCUT2D eigenvalue weighted by atomic mass is 32.2. The Kier molecular flexibility index (Phi) is 9.21. The van der Waals surface area contributed by atoms with Gasteiger partial charge in [0.05, 0.1) is 23.3 Å². The van der Waals surface area contributed by atoms with Gasteiger partial charge in [0.15, 0.2) is 6.54 Å². The third kappa shape index (κ3) is 6.96. The molecule has 6 rings (SSSR count). The van der Waals surface area contributed by atoms with Gasteiger partial charge >= 0.3 is 17.8 Å². The maximum atomic E-state index is 12.1. The van der Waals surface area contributed by atoms with Crippen LogP contribution in [0.1, 0.15) is 60.4 Å². The van der Waals surface area contributed by atoms with Crippen molar-refractivity contribution in [1.82, 2.24) is 0 Å². The van der Waals surface area contributed by atoms with Gasteiger partial charge in [-0.15, -0.1) is 0 Å². The molecular formula is C39H37N2O8S+. The number of allylic oxidation sites excluding steroid dienone is 3. The van der Waals surface area contributed by atoms with E-state index in [0.717, 1.165) is 33.6 Å². The number of rotatable bonds is 11. The van der Waals surface area contributed by atoms with Crippen molar-refractivity contribution in [2.75, 3.05) is 4.90 Å². The topological polar surface area (TPSA) is 149 Å². The monoisotopic (exact) mass is 693 g/mol. The predicted molar refractivity (Wildman–Crippen MR) is 188 cm³/mol. The number of fused-ring (bicyclic) bond motifs is 2. The van der Waals surface area contributed by atoms with Crippen molar-refractivity contribution in [2.24, 2.45) is 0 Å². The van der Waals surface area contributed by atoms with E-state index < -0.39 is 33.4 Å². The van der Waals surface area contributed by atoms with Crippen molar-refractivity contribution in [1.29, 1.82) is 0 Å². The number of nitrogens with zero attached hydrogens (tertiary/aromatic N) is 2. The molecule has 0 radical (unpaired) electrons. The summed E-state index contributed by atoms with van der Waals surface area (Å²) in [6.45, 7) is 6.53. The zero-order valence-electron chi connectivity index (χ0n) is 27.8. The van der Waals surface area contributed by atoms with Crippen LogP contribution in [-0.4, -0.2) is 35.1 Å². The number of benzene rings is 4. The Morgan fingerprint density at radius 3 is 2.24 bits per heavy atom. The molecule has 1 aliphatic rings. The third-order valence-electron chi connectivity index (χ3n) is 9.20. The smallest absolute Gasteiger partial charge is 0.374 e. The molecule has 0 saturated carbocycles. The number of hydrogen-bond donors (Lipinski definition) is 3. The first kappa shape index (κ1) is 34.3. The Morgan fingerprint density at radius 1 is 0.920 bits per heavy atom. The van der Waals surface area contributed by atoms with Crippen LogP contribution in [0.3, 0.4) is 0 Å². The fourth-order valence-electron chi connectivity index (χ4n) is 6.40. The molecule has 50 heavy (non-hydrogen) atoms. The molecule has 5 aromatic rings. The predicted octanol–water partition coefficient (Wildman–Crippen LogP) is 6.73. The minimum atomic E-state index is -4.43. The Labute approximate surface area is 290 Å². The Balaban J connectivity index is 1.37. The molecule has 10 nitrogen and oxygen atoms in total. The van der Waals surface area contributed by atoms with Crippen molar-refractivity contribution >= 4 is 44.9 Å². The molecule has 0 bridgehead atoms. The van der Waals surface area contributed by atoms with Crippen molar-refractivity contribution in [3.63, 3.8) is 0 Å². The van der Waals surface area contributed by atoms with Crippen LogP contribution in [0.4, 0.5) is 5.69 Å². The number of oxazole rings is 1. The van der Waals surface area contributed by atoms with Gasteiger partial charge in [0.2, 0.25) is 5.58 Å². The minimum Gasteiger partial charge on any atom is -0.481 e. The summed E-state index contributed by atoms with van der Waals surface area (Å²) in [6, 6.07) is 27.1. The van der Waals surface area contributed by atoms with Gasteiger partial charge in [-0.1, -0.05) is 80.6 Å². The lowest BCUT2D eigenvalue weighted by Crippen LogP contribution is -2.35. The number of para-hydroxylation sites is 2. The molecule has 0 spiro atoms. The highest BCUT2D eigenvalue weighted by Gasteiger charge is 2.40. The van der Waals surface area contributed by atoms with Crippen LogP contribution in [0.15, 0.2) is 118 Å². The van der Waals surface area contributed by atoms with E-state index >= 15 is 0 Å². The van der Waals surface area contributed by atoms with E-state index in [-0.39, 0.29) is 11.3 Å². The molecular weight excluding hydrogens is 657 g/mol. The molecule has 0 amide bonds. The number of hydrogen-bond acceptors (Lipinski definition) is 6. The standard InChI is InChI=1S/C39H36N2O8S/c1-25(38(44)45)29-17-15-28(16-18-29)23-40-32-20-19-30(50(46,47)48)22-31(32)39(2,3)35(40)9-6-10-36-41(33-7-4-5-8-34(33)49-36)24-27-13-11-26(12-14-27)21-37(42)43/h4-20,22,25H,21,23-24H2,1-3H3,(H2-,42,43,44,45,46,47,48)/p+1. The summed E-state index contributed by atoms with van der Waals surface area (Å²) in [6.07, 6.45) is 5.68. The van der Waals surface area contributed by atoms with Crippen LogP contribution >= 0.6 is 0 Å². The molecule has 1 atom stereocenters. The zero-order valence-corrected chi connectivity index (χ0v) is 28.6. The molecule has 0 saturated heterocycles. The van der Waals surface area contributed by atoms with Crippen LogP contribution in [0.2, 0.25) is 0 Å². The third-order valence-corrected chi connectivity index (χ3v) is 10.1.